The Morgan fingerprint density at radius 3 is 1.44 bits per heavy atom. The second kappa shape index (κ2) is 13.3. The Morgan fingerprint density at radius 1 is 0.630 bits per heavy atom. The molecule has 0 aromatic carbocycles. The third-order valence-corrected chi connectivity index (χ3v) is 9.75. The molecule has 4 unspecified atom stereocenters. The molecule has 2 rings (SSSR count). The molecule has 2 nitrogen and oxygen atoms in total. The fourth-order valence-corrected chi connectivity index (χ4v) is 6.71. The molecular formula is C23H42N2S2. The minimum absolute atomic E-state index is 0.908. The van der Waals surface area contributed by atoms with Crippen LogP contribution in [-0.2, 0) is 0 Å². The fraction of sp³-hybridized carbons (Fsp3) is 0.913. The van der Waals surface area contributed by atoms with Gasteiger partial charge < -0.3 is 10.8 Å². The van der Waals surface area contributed by atoms with E-state index in [9.17, 15) is 0 Å². The molecule has 2 N–H and O–H groups in total. The lowest BCUT2D eigenvalue weighted by molar-refractivity contribution is 0.362. The SMILES string of the molecule is CC1CCC1SCCCCC(=N)CCCCC(=N)CCCSC1CCC1C. The minimum atomic E-state index is 0.908. The summed E-state index contributed by atoms with van der Waals surface area (Å²) in [6.07, 6.45) is 15.4. The van der Waals surface area contributed by atoms with Crippen molar-refractivity contribution >= 4 is 34.9 Å². The van der Waals surface area contributed by atoms with E-state index in [2.05, 4.69) is 37.4 Å². The van der Waals surface area contributed by atoms with Crippen molar-refractivity contribution in [2.45, 2.75) is 108 Å². The first-order valence-corrected chi connectivity index (χ1v) is 13.5. The molecule has 0 spiro atoms. The van der Waals surface area contributed by atoms with E-state index in [0.717, 1.165) is 72.3 Å². The van der Waals surface area contributed by atoms with Gasteiger partial charge in [0.2, 0.25) is 0 Å². The lowest BCUT2D eigenvalue weighted by Crippen LogP contribution is -2.25. The molecule has 0 aromatic rings. The van der Waals surface area contributed by atoms with Crippen LogP contribution in [0, 0.1) is 22.7 Å². The van der Waals surface area contributed by atoms with Gasteiger partial charge in [-0.05, 0) is 107 Å². The van der Waals surface area contributed by atoms with E-state index >= 15 is 0 Å². The molecule has 0 aliphatic heterocycles. The summed E-state index contributed by atoms with van der Waals surface area (Å²) in [5.74, 6) is 4.39. The van der Waals surface area contributed by atoms with Gasteiger partial charge >= 0.3 is 0 Å². The molecule has 0 aromatic heterocycles. The molecule has 4 heteroatoms. The van der Waals surface area contributed by atoms with Gasteiger partial charge in [-0.15, -0.1) is 0 Å². The Labute approximate surface area is 176 Å². The smallest absolute Gasteiger partial charge is 0.00894 e. The minimum Gasteiger partial charge on any atom is -0.310 e. The average molecular weight is 411 g/mol. The lowest BCUT2D eigenvalue weighted by Gasteiger charge is -2.33. The molecule has 2 saturated carbocycles. The molecule has 156 valence electrons. The van der Waals surface area contributed by atoms with E-state index in [0.29, 0.717) is 0 Å². The standard InChI is InChI=1S/C23H42N2S2/c1-18-12-14-22(18)26-16-6-5-10-20(24)8-3-4-9-21(25)11-7-17-27-23-15-13-19(23)2/h18-19,22-25H,3-17H2,1-2H3. The summed E-state index contributed by atoms with van der Waals surface area (Å²) in [7, 11) is 0. The van der Waals surface area contributed by atoms with Crippen LogP contribution in [0.3, 0.4) is 0 Å². The van der Waals surface area contributed by atoms with Crippen molar-refractivity contribution < 1.29 is 0 Å². The van der Waals surface area contributed by atoms with Crippen LogP contribution in [0.25, 0.3) is 0 Å². The van der Waals surface area contributed by atoms with Crippen molar-refractivity contribution in [2.24, 2.45) is 11.8 Å². The summed E-state index contributed by atoms with van der Waals surface area (Å²) >= 11 is 4.30. The number of unbranched alkanes of at least 4 members (excludes halogenated alkanes) is 2. The highest BCUT2D eigenvalue weighted by Gasteiger charge is 2.27. The molecular weight excluding hydrogens is 368 g/mol. The van der Waals surface area contributed by atoms with Crippen LogP contribution < -0.4 is 0 Å². The predicted molar refractivity (Wildman–Crippen MR) is 126 cm³/mol. The van der Waals surface area contributed by atoms with E-state index in [1.807, 2.05) is 0 Å². The van der Waals surface area contributed by atoms with Gasteiger partial charge in [-0.2, -0.15) is 23.5 Å². The first kappa shape index (κ1) is 23.3. The molecule has 0 radical (unpaired) electrons. The maximum absolute atomic E-state index is 8.13. The zero-order valence-electron chi connectivity index (χ0n) is 17.7. The average Bonchev–Trinajstić information content (AvgIpc) is 2.65. The van der Waals surface area contributed by atoms with Gasteiger partial charge in [-0.25, -0.2) is 0 Å². The van der Waals surface area contributed by atoms with E-state index < -0.39 is 0 Å². The lowest BCUT2D eigenvalue weighted by atomic mass is 9.87. The molecule has 2 aliphatic carbocycles. The number of nitrogens with one attached hydrogen (secondary N) is 2. The second-order valence-electron chi connectivity index (χ2n) is 8.90. The van der Waals surface area contributed by atoms with Gasteiger partial charge in [-0.1, -0.05) is 13.8 Å². The second-order valence-corrected chi connectivity index (χ2v) is 11.6. The zero-order valence-corrected chi connectivity index (χ0v) is 19.4. The van der Waals surface area contributed by atoms with Crippen LogP contribution in [-0.4, -0.2) is 33.4 Å². The van der Waals surface area contributed by atoms with Crippen LogP contribution in [0.5, 0.6) is 0 Å². The highest BCUT2D eigenvalue weighted by molar-refractivity contribution is 8.00. The summed E-state index contributed by atoms with van der Waals surface area (Å²) < 4.78 is 0. The van der Waals surface area contributed by atoms with Crippen LogP contribution >= 0.6 is 23.5 Å². The number of thioether (sulfide) groups is 2. The summed E-state index contributed by atoms with van der Waals surface area (Å²) in [5.41, 5.74) is 1.88. The Morgan fingerprint density at radius 2 is 1.04 bits per heavy atom. The topological polar surface area (TPSA) is 47.7 Å². The van der Waals surface area contributed by atoms with Gasteiger partial charge in [0.15, 0.2) is 0 Å². The van der Waals surface area contributed by atoms with Crippen molar-refractivity contribution in [3.63, 3.8) is 0 Å². The highest BCUT2D eigenvalue weighted by atomic mass is 32.2. The van der Waals surface area contributed by atoms with Crippen molar-refractivity contribution in [2.75, 3.05) is 11.5 Å². The quantitative estimate of drug-likeness (QED) is 0.203. The van der Waals surface area contributed by atoms with E-state index in [1.165, 1.54) is 56.5 Å². The molecule has 2 fully saturated rings. The summed E-state index contributed by atoms with van der Waals surface area (Å²) in [6.45, 7) is 4.75. The number of hydrogen-bond donors (Lipinski definition) is 2. The van der Waals surface area contributed by atoms with Crippen LogP contribution in [0.4, 0.5) is 0 Å². The first-order chi connectivity index (χ1) is 13.1. The van der Waals surface area contributed by atoms with Gasteiger partial charge in [0, 0.05) is 21.9 Å². The summed E-state index contributed by atoms with van der Waals surface area (Å²) in [4.78, 5) is 0. The molecule has 0 amide bonds. The maximum Gasteiger partial charge on any atom is 0.00894 e. The Balaban J connectivity index is 1.33. The van der Waals surface area contributed by atoms with Crippen molar-refractivity contribution in [3.05, 3.63) is 0 Å². The summed E-state index contributed by atoms with van der Waals surface area (Å²) in [5, 5.41) is 18.1. The third-order valence-electron chi connectivity index (χ3n) is 6.45. The normalized spacial score (nSPS) is 27.0. The van der Waals surface area contributed by atoms with Crippen LogP contribution in [0.2, 0.25) is 0 Å². The third kappa shape index (κ3) is 9.39. The van der Waals surface area contributed by atoms with Crippen molar-refractivity contribution in [1.29, 1.82) is 10.8 Å². The van der Waals surface area contributed by atoms with E-state index in [4.69, 9.17) is 10.8 Å². The first-order valence-electron chi connectivity index (χ1n) is 11.4. The Kier molecular flexibility index (Phi) is 11.5. The largest absolute Gasteiger partial charge is 0.310 e. The summed E-state index contributed by atoms with van der Waals surface area (Å²) in [6, 6.07) is 0. The molecule has 0 bridgehead atoms. The molecule has 4 atom stereocenters. The Hall–Kier alpha value is 0.0400. The van der Waals surface area contributed by atoms with Crippen molar-refractivity contribution in [3.8, 4) is 0 Å². The monoisotopic (exact) mass is 410 g/mol. The highest BCUT2D eigenvalue weighted by Crippen LogP contribution is 2.38. The Bertz CT molecular complexity index is 452. The molecule has 27 heavy (non-hydrogen) atoms. The zero-order chi connectivity index (χ0) is 19.5. The maximum atomic E-state index is 8.13. The fourth-order valence-electron chi connectivity index (χ4n) is 3.89. The van der Waals surface area contributed by atoms with Gasteiger partial charge in [0.05, 0.1) is 0 Å². The van der Waals surface area contributed by atoms with E-state index in [-0.39, 0.29) is 0 Å². The number of rotatable bonds is 16. The van der Waals surface area contributed by atoms with Crippen LogP contribution in [0.15, 0.2) is 0 Å². The molecule has 0 heterocycles. The van der Waals surface area contributed by atoms with Gasteiger partial charge in [0.25, 0.3) is 0 Å². The molecule has 0 saturated heterocycles. The van der Waals surface area contributed by atoms with E-state index in [1.54, 1.807) is 0 Å². The molecule has 2 aliphatic rings. The predicted octanol–water partition coefficient (Wildman–Crippen LogP) is 7.60. The number of hydrogen-bond acceptors (Lipinski definition) is 4. The van der Waals surface area contributed by atoms with Gasteiger partial charge in [0.1, 0.15) is 0 Å². The van der Waals surface area contributed by atoms with Crippen molar-refractivity contribution in [1.82, 2.24) is 0 Å². The van der Waals surface area contributed by atoms with Crippen LogP contribution in [0.1, 0.15) is 97.3 Å². The van der Waals surface area contributed by atoms with Gasteiger partial charge in [-0.3, -0.25) is 0 Å².